The Balaban J connectivity index is 0.000000273. The van der Waals surface area contributed by atoms with E-state index in [9.17, 15) is 0 Å². The summed E-state index contributed by atoms with van der Waals surface area (Å²) in [7, 11) is 0. The van der Waals surface area contributed by atoms with Crippen molar-refractivity contribution in [3.63, 3.8) is 0 Å². The molecule has 0 amide bonds. The van der Waals surface area contributed by atoms with Crippen molar-refractivity contribution in [2.45, 2.75) is 52.4 Å². The summed E-state index contributed by atoms with van der Waals surface area (Å²) in [5.41, 5.74) is 6.36. The molecule has 0 aliphatic rings. The quantitative estimate of drug-likeness (QED) is 0.204. The van der Waals surface area contributed by atoms with Gasteiger partial charge in [-0.2, -0.15) is 0 Å². The molecule has 7 nitrogen and oxygen atoms in total. The topological polar surface area (TPSA) is 92.7 Å². The maximum Gasteiger partial charge on any atom is 2.00 e. The molecule has 0 fully saturated rings. The van der Waals surface area contributed by atoms with Crippen molar-refractivity contribution in [2.75, 3.05) is 0 Å². The van der Waals surface area contributed by atoms with Gasteiger partial charge < -0.3 is 20.4 Å². The first-order chi connectivity index (χ1) is 18.1. The van der Waals surface area contributed by atoms with Crippen molar-refractivity contribution >= 4 is 21.7 Å². The summed E-state index contributed by atoms with van der Waals surface area (Å²) in [6.45, 7) is 13.0. The fourth-order valence-electron chi connectivity index (χ4n) is 4.15. The summed E-state index contributed by atoms with van der Waals surface area (Å²) in [6.07, 6.45) is 7.27. The predicted molar refractivity (Wildman–Crippen MR) is 152 cm³/mol. The summed E-state index contributed by atoms with van der Waals surface area (Å²) in [5, 5.41) is 20.4. The van der Waals surface area contributed by atoms with Crippen LogP contribution in [0.2, 0.25) is 0 Å². The number of fused-ring (bicyclic) bond motifs is 2. The smallest absolute Gasteiger partial charge is 0.573 e. The molecule has 6 aromatic rings. The Labute approximate surface area is 243 Å². The van der Waals surface area contributed by atoms with E-state index in [0.29, 0.717) is 0 Å². The summed E-state index contributed by atoms with van der Waals surface area (Å²) >= 11 is 0. The Morgan fingerprint density at radius 3 is 2.08 bits per heavy atom. The van der Waals surface area contributed by atoms with Gasteiger partial charge in [0.15, 0.2) is 0 Å². The molecule has 5 heterocycles. The Kier molecular flexibility index (Phi) is 8.12. The van der Waals surface area contributed by atoms with Crippen LogP contribution < -0.4 is 10.2 Å². The normalized spacial score (nSPS) is 11.6. The van der Waals surface area contributed by atoms with Crippen LogP contribution in [0.15, 0.2) is 79.4 Å². The van der Waals surface area contributed by atoms with Gasteiger partial charge in [-0.15, -0.1) is 0 Å². The molecule has 0 atom stereocenters. The average molecular weight is 697 g/mol. The maximum absolute atomic E-state index is 4.93. The van der Waals surface area contributed by atoms with E-state index in [1.54, 1.807) is 6.20 Å². The second kappa shape index (κ2) is 11.2. The van der Waals surface area contributed by atoms with Crippen LogP contribution in [0.5, 0.6) is 0 Å². The monoisotopic (exact) mass is 696 g/mol. The van der Waals surface area contributed by atoms with Gasteiger partial charge in [0.05, 0.1) is 11.4 Å². The van der Waals surface area contributed by atoms with Gasteiger partial charge in [0.1, 0.15) is 0 Å². The summed E-state index contributed by atoms with van der Waals surface area (Å²) in [5.74, 6) is 0. The molecule has 1 aromatic carbocycles. The maximum atomic E-state index is 4.93. The first kappa shape index (κ1) is 28.3. The van der Waals surface area contributed by atoms with Crippen LogP contribution in [-0.2, 0) is 31.9 Å². The molecule has 8 heteroatoms. The van der Waals surface area contributed by atoms with E-state index < -0.39 is 0 Å². The predicted octanol–water partition coefficient (Wildman–Crippen LogP) is 6.50. The van der Waals surface area contributed by atoms with E-state index in [1.165, 1.54) is 5.56 Å². The van der Waals surface area contributed by atoms with Crippen LogP contribution in [0, 0.1) is 0 Å². The van der Waals surface area contributed by atoms with Crippen LogP contribution in [0.25, 0.3) is 44.5 Å². The molecule has 0 radical (unpaired) electrons. The minimum Gasteiger partial charge on any atom is -0.573 e. The molecule has 0 N–H and O–H groups in total. The number of rotatable bonds is 2. The van der Waals surface area contributed by atoms with E-state index in [4.69, 9.17) is 4.98 Å². The average Bonchev–Trinajstić information content (AvgIpc) is 3.57. The SMILES string of the molecule is CC(C)(C)c1cc(-c2nc(-c3[n-]nc4ccccc34)cc3cnccc23)[n-]n1.CC(C)(C)c1ccncc1.[Pt+2]. The molecular weight excluding hydrogens is 665 g/mol. The molecule has 200 valence electrons. The standard InChI is InChI=1S/C22H18N6.C9H13N.Pt/c1-22(2,3)19-11-18(26-27-19)20-14-8-9-23-12-13(14)10-17(24-20)21-15-6-4-5-7-16(15)25-28-21;1-9(2,3)8-4-6-10-7-5-8;/h4-12H,1-3H3;4-7H,1-3H3;/q-2;;+2. The Morgan fingerprint density at radius 2 is 1.41 bits per heavy atom. The van der Waals surface area contributed by atoms with E-state index in [2.05, 4.69) is 84.0 Å². The zero-order valence-electron chi connectivity index (χ0n) is 23.0. The van der Waals surface area contributed by atoms with Crippen molar-refractivity contribution in [3.8, 4) is 22.8 Å². The van der Waals surface area contributed by atoms with Crippen LogP contribution in [-0.4, -0.2) is 25.1 Å². The molecule has 0 saturated heterocycles. The number of hydrogen-bond donors (Lipinski definition) is 0. The van der Waals surface area contributed by atoms with Crippen LogP contribution >= 0.6 is 0 Å². The molecule has 0 unspecified atom stereocenters. The Morgan fingerprint density at radius 1 is 0.692 bits per heavy atom. The molecule has 39 heavy (non-hydrogen) atoms. The fraction of sp³-hybridized carbons (Fsp3) is 0.258. The van der Waals surface area contributed by atoms with Crippen LogP contribution in [0.3, 0.4) is 0 Å². The number of hydrogen-bond acceptors (Lipinski definition) is 5. The summed E-state index contributed by atoms with van der Waals surface area (Å²) in [4.78, 5) is 13.2. The Bertz CT molecular complexity index is 1690. The van der Waals surface area contributed by atoms with Gasteiger partial charge in [-0.25, -0.2) is 0 Å². The summed E-state index contributed by atoms with van der Waals surface area (Å²) < 4.78 is 0. The number of benzene rings is 1. The van der Waals surface area contributed by atoms with Crippen molar-refractivity contribution in [1.82, 2.24) is 35.3 Å². The van der Waals surface area contributed by atoms with E-state index >= 15 is 0 Å². The van der Waals surface area contributed by atoms with Gasteiger partial charge in [-0.3, -0.25) is 15.0 Å². The molecule has 6 rings (SSSR count). The molecule has 0 aliphatic heterocycles. The molecule has 0 bridgehead atoms. The largest absolute Gasteiger partial charge is 2.00 e. The minimum absolute atomic E-state index is 0. The third-order valence-corrected chi connectivity index (χ3v) is 6.39. The third-order valence-electron chi connectivity index (χ3n) is 6.39. The molecule has 0 saturated carbocycles. The first-order valence-corrected chi connectivity index (χ1v) is 12.7. The van der Waals surface area contributed by atoms with Gasteiger partial charge in [-0.1, -0.05) is 77.2 Å². The number of aromatic nitrogens is 7. The van der Waals surface area contributed by atoms with Crippen LogP contribution in [0.1, 0.15) is 52.8 Å². The fourth-order valence-corrected chi connectivity index (χ4v) is 4.15. The van der Waals surface area contributed by atoms with Crippen molar-refractivity contribution < 1.29 is 21.1 Å². The van der Waals surface area contributed by atoms with Gasteiger partial charge in [-0.05, 0) is 46.7 Å². The Hall–Kier alpha value is -3.70. The van der Waals surface area contributed by atoms with Gasteiger partial charge in [0.2, 0.25) is 0 Å². The second-order valence-electron chi connectivity index (χ2n) is 11.4. The molecule has 0 spiro atoms. The second-order valence-corrected chi connectivity index (χ2v) is 11.4. The number of nitrogens with zero attached hydrogens (tertiary/aromatic N) is 7. The van der Waals surface area contributed by atoms with E-state index in [-0.39, 0.29) is 31.9 Å². The van der Waals surface area contributed by atoms with Gasteiger partial charge >= 0.3 is 21.1 Å². The van der Waals surface area contributed by atoms with Crippen molar-refractivity contribution in [1.29, 1.82) is 0 Å². The molecule has 0 aliphatic carbocycles. The van der Waals surface area contributed by atoms with E-state index in [1.807, 2.05) is 61.1 Å². The van der Waals surface area contributed by atoms with Gasteiger partial charge in [0, 0.05) is 52.2 Å². The van der Waals surface area contributed by atoms with Crippen LogP contribution in [0.4, 0.5) is 0 Å². The summed E-state index contributed by atoms with van der Waals surface area (Å²) in [6, 6.07) is 18.0. The van der Waals surface area contributed by atoms with Crippen molar-refractivity contribution in [2.24, 2.45) is 0 Å². The zero-order chi connectivity index (χ0) is 26.9. The third kappa shape index (κ3) is 6.15. The van der Waals surface area contributed by atoms with Crippen molar-refractivity contribution in [3.05, 3.63) is 90.6 Å². The first-order valence-electron chi connectivity index (χ1n) is 12.7. The minimum atomic E-state index is -0.0758. The zero-order valence-corrected chi connectivity index (χ0v) is 25.2. The van der Waals surface area contributed by atoms with Gasteiger partial charge in [0.25, 0.3) is 0 Å². The molecule has 5 aromatic heterocycles. The number of pyridine rings is 3. The molecular formula is C31H31N7Pt. The van der Waals surface area contributed by atoms with E-state index in [0.717, 1.165) is 50.1 Å².